The van der Waals surface area contributed by atoms with E-state index in [1.54, 1.807) is 0 Å². The number of aliphatic hydroxyl groups excluding tert-OH is 1. The van der Waals surface area contributed by atoms with Gasteiger partial charge in [0, 0.05) is 13.1 Å². The zero-order valence-corrected chi connectivity index (χ0v) is 9.01. The first-order valence-electron chi connectivity index (χ1n) is 5.14. The third-order valence-electron chi connectivity index (χ3n) is 2.39. The predicted octanol–water partition coefficient (Wildman–Crippen LogP) is 0.780. The lowest BCUT2D eigenvalue weighted by atomic mass is 10.2. The lowest BCUT2D eigenvalue weighted by Crippen LogP contribution is -2.45. The Morgan fingerprint density at radius 2 is 2.13 bits per heavy atom. The minimum absolute atomic E-state index is 0.0844. The second-order valence-electron chi connectivity index (χ2n) is 3.94. The number of rotatable bonds is 2. The van der Waals surface area contributed by atoms with Gasteiger partial charge in [0.1, 0.15) is 12.0 Å². The van der Waals surface area contributed by atoms with E-state index in [2.05, 4.69) is 4.98 Å². The van der Waals surface area contributed by atoms with E-state index in [-0.39, 0.29) is 18.8 Å². The molecule has 0 radical (unpaired) electrons. The van der Waals surface area contributed by atoms with Gasteiger partial charge in [-0.3, -0.25) is 0 Å². The van der Waals surface area contributed by atoms with Crippen LogP contribution >= 0.6 is 0 Å². The third kappa shape index (κ3) is 2.30. The van der Waals surface area contributed by atoms with Gasteiger partial charge in [-0.15, -0.1) is 0 Å². The summed E-state index contributed by atoms with van der Waals surface area (Å²) >= 11 is 0. The molecule has 5 heteroatoms. The van der Waals surface area contributed by atoms with Crippen molar-refractivity contribution in [2.75, 3.05) is 18.0 Å². The molecule has 0 amide bonds. The molecule has 0 saturated carbocycles. The van der Waals surface area contributed by atoms with Crippen molar-refractivity contribution in [1.82, 2.24) is 4.98 Å². The van der Waals surface area contributed by atoms with Gasteiger partial charge in [-0.1, -0.05) is 0 Å². The monoisotopic (exact) mass is 212 g/mol. The van der Waals surface area contributed by atoms with Crippen molar-refractivity contribution in [3.63, 3.8) is 0 Å². The molecule has 84 valence electrons. The lowest BCUT2D eigenvalue weighted by molar-refractivity contribution is -0.00670. The Labute approximate surface area is 88.7 Å². The molecule has 0 bridgehead atoms. The van der Waals surface area contributed by atoms with Crippen LogP contribution in [0.4, 0.5) is 6.01 Å². The summed E-state index contributed by atoms with van der Waals surface area (Å²) in [7, 11) is 0. The van der Waals surface area contributed by atoms with E-state index >= 15 is 0 Å². The molecule has 5 nitrogen and oxygen atoms in total. The summed E-state index contributed by atoms with van der Waals surface area (Å²) in [5.41, 5.74) is 0.566. The first-order chi connectivity index (χ1) is 7.19. The fraction of sp³-hybridized carbons (Fsp3) is 0.700. The van der Waals surface area contributed by atoms with Crippen molar-refractivity contribution in [2.45, 2.75) is 32.7 Å². The normalized spacial score (nSPS) is 27.0. The van der Waals surface area contributed by atoms with Crippen LogP contribution in [-0.4, -0.2) is 35.4 Å². The average molecular weight is 212 g/mol. The summed E-state index contributed by atoms with van der Waals surface area (Å²) < 4.78 is 10.9. The van der Waals surface area contributed by atoms with Gasteiger partial charge < -0.3 is 19.2 Å². The maximum atomic E-state index is 8.89. The highest BCUT2D eigenvalue weighted by Crippen LogP contribution is 2.19. The van der Waals surface area contributed by atoms with Crippen molar-refractivity contribution in [2.24, 2.45) is 0 Å². The van der Waals surface area contributed by atoms with Gasteiger partial charge in [0.2, 0.25) is 0 Å². The minimum atomic E-state index is -0.0844. The van der Waals surface area contributed by atoms with Crippen LogP contribution in [0.2, 0.25) is 0 Å². The fourth-order valence-electron chi connectivity index (χ4n) is 1.85. The van der Waals surface area contributed by atoms with E-state index in [1.807, 2.05) is 18.7 Å². The van der Waals surface area contributed by atoms with Gasteiger partial charge in [-0.05, 0) is 13.8 Å². The van der Waals surface area contributed by atoms with Gasteiger partial charge >= 0.3 is 0 Å². The number of aliphatic hydroxyl groups is 1. The van der Waals surface area contributed by atoms with Crippen LogP contribution in [-0.2, 0) is 11.3 Å². The summed E-state index contributed by atoms with van der Waals surface area (Å²) in [6.07, 6.45) is 1.84. The number of hydrogen-bond acceptors (Lipinski definition) is 5. The Hall–Kier alpha value is -1.07. The van der Waals surface area contributed by atoms with Crippen LogP contribution in [0, 0.1) is 0 Å². The lowest BCUT2D eigenvalue weighted by Gasteiger charge is -2.34. The number of hydrogen-bond donors (Lipinski definition) is 1. The first-order valence-corrected chi connectivity index (χ1v) is 5.14. The number of aromatic nitrogens is 1. The average Bonchev–Trinajstić information content (AvgIpc) is 2.64. The maximum Gasteiger partial charge on any atom is 0.297 e. The molecule has 15 heavy (non-hydrogen) atoms. The molecule has 0 spiro atoms. The molecule has 1 saturated heterocycles. The molecule has 2 atom stereocenters. The second kappa shape index (κ2) is 4.20. The third-order valence-corrected chi connectivity index (χ3v) is 2.39. The van der Waals surface area contributed by atoms with Crippen molar-refractivity contribution in [3.05, 3.63) is 12.0 Å². The molecule has 0 aliphatic carbocycles. The van der Waals surface area contributed by atoms with Crippen molar-refractivity contribution < 1.29 is 14.3 Å². The molecule has 1 fully saturated rings. The summed E-state index contributed by atoms with van der Waals surface area (Å²) in [5, 5.41) is 8.89. The van der Waals surface area contributed by atoms with Crippen LogP contribution in [0.1, 0.15) is 19.5 Å². The van der Waals surface area contributed by atoms with Crippen LogP contribution in [0.25, 0.3) is 0 Å². The molecule has 1 aliphatic heterocycles. The smallest absolute Gasteiger partial charge is 0.297 e. The molecule has 1 aromatic heterocycles. The van der Waals surface area contributed by atoms with E-state index in [9.17, 15) is 0 Å². The van der Waals surface area contributed by atoms with Crippen LogP contribution < -0.4 is 4.90 Å². The molecule has 1 aliphatic rings. The SMILES string of the molecule is CC1CN(c2nc(CO)co2)CC(C)O1. The largest absolute Gasteiger partial charge is 0.432 e. The Balaban J connectivity index is 2.09. The van der Waals surface area contributed by atoms with E-state index in [0.29, 0.717) is 11.7 Å². The Bertz CT molecular complexity index is 316. The van der Waals surface area contributed by atoms with Crippen LogP contribution in [0.3, 0.4) is 0 Å². The van der Waals surface area contributed by atoms with E-state index in [0.717, 1.165) is 13.1 Å². The van der Waals surface area contributed by atoms with Gasteiger partial charge in [-0.25, -0.2) is 0 Å². The van der Waals surface area contributed by atoms with Gasteiger partial charge in [0.25, 0.3) is 6.01 Å². The zero-order chi connectivity index (χ0) is 10.8. The Morgan fingerprint density at radius 3 is 2.67 bits per heavy atom. The molecule has 2 heterocycles. The van der Waals surface area contributed by atoms with Crippen molar-refractivity contribution in [1.29, 1.82) is 0 Å². The van der Waals surface area contributed by atoms with Crippen molar-refractivity contribution >= 4 is 6.01 Å². The number of ether oxygens (including phenoxy) is 1. The summed E-state index contributed by atoms with van der Waals surface area (Å²) in [6, 6.07) is 0.570. The molecular weight excluding hydrogens is 196 g/mol. The Kier molecular flexibility index (Phi) is 2.93. The zero-order valence-electron chi connectivity index (χ0n) is 9.01. The molecular formula is C10H16N2O3. The topological polar surface area (TPSA) is 58.7 Å². The van der Waals surface area contributed by atoms with Gasteiger partial charge in [0.05, 0.1) is 18.8 Å². The highest BCUT2D eigenvalue weighted by molar-refractivity contribution is 5.28. The first kappa shape index (κ1) is 10.4. The molecule has 0 aromatic carbocycles. The second-order valence-corrected chi connectivity index (χ2v) is 3.94. The number of nitrogens with zero attached hydrogens (tertiary/aromatic N) is 2. The summed E-state index contributed by atoms with van der Waals surface area (Å²) in [4.78, 5) is 6.21. The summed E-state index contributed by atoms with van der Waals surface area (Å²) in [6.45, 7) is 5.52. The molecule has 1 aromatic rings. The number of oxazole rings is 1. The maximum absolute atomic E-state index is 8.89. The quantitative estimate of drug-likeness (QED) is 0.785. The highest BCUT2D eigenvalue weighted by atomic mass is 16.5. The minimum Gasteiger partial charge on any atom is -0.432 e. The summed E-state index contributed by atoms with van der Waals surface area (Å²) in [5.74, 6) is 0. The number of anilines is 1. The molecule has 2 rings (SSSR count). The standard InChI is InChI=1S/C10H16N2O3/c1-7-3-12(4-8(2)15-7)10-11-9(5-13)6-14-10/h6-8,13H,3-5H2,1-2H3. The van der Waals surface area contributed by atoms with Crippen molar-refractivity contribution in [3.8, 4) is 0 Å². The number of morpholine rings is 1. The fourth-order valence-corrected chi connectivity index (χ4v) is 1.85. The van der Waals surface area contributed by atoms with Crippen LogP contribution in [0.5, 0.6) is 0 Å². The molecule has 2 unspecified atom stereocenters. The van der Waals surface area contributed by atoms with E-state index < -0.39 is 0 Å². The van der Waals surface area contributed by atoms with E-state index in [1.165, 1.54) is 6.26 Å². The Morgan fingerprint density at radius 1 is 1.47 bits per heavy atom. The van der Waals surface area contributed by atoms with Crippen LogP contribution in [0.15, 0.2) is 10.7 Å². The highest BCUT2D eigenvalue weighted by Gasteiger charge is 2.25. The van der Waals surface area contributed by atoms with Gasteiger partial charge in [-0.2, -0.15) is 4.98 Å². The van der Waals surface area contributed by atoms with Gasteiger partial charge in [0.15, 0.2) is 0 Å². The predicted molar refractivity (Wildman–Crippen MR) is 54.6 cm³/mol. The molecule has 1 N–H and O–H groups in total. The van der Waals surface area contributed by atoms with E-state index in [4.69, 9.17) is 14.3 Å².